The number of nitrogens with zero attached hydrogens (tertiary/aromatic N) is 2. The van der Waals surface area contributed by atoms with Gasteiger partial charge < -0.3 is 20.4 Å². The van der Waals surface area contributed by atoms with Gasteiger partial charge in [0.2, 0.25) is 0 Å². The van der Waals surface area contributed by atoms with Crippen LogP contribution >= 0.6 is 0 Å². The van der Waals surface area contributed by atoms with Gasteiger partial charge in [-0.1, -0.05) is 25.1 Å². The van der Waals surface area contributed by atoms with Gasteiger partial charge in [-0.05, 0) is 37.9 Å². The van der Waals surface area contributed by atoms with E-state index in [1.165, 1.54) is 19.0 Å². The fourth-order valence-electron chi connectivity index (χ4n) is 3.89. The first-order valence-electron chi connectivity index (χ1n) is 9.39. The Bertz CT molecular complexity index is 933. The van der Waals surface area contributed by atoms with Crippen molar-refractivity contribution in [2.75, 3.05) is 25.0 Å². The lowest BCUT2D eigenvalue weighted by atomic mass is 10.0. The minimum absolute atomic E-state index is 0.115. The molecule has 0 bridgehead atoms. The number of pyridine rings is 1. The first-order valence-corrected chi connectivity index (χ1v) is 9.39. The molecule has 26 heavy (non-hydrogen) atoms. The average molecular weight is 351 g/mol. The molecule has 4 rings (SSSR count). The van der Waals surface area contributed by atoms with Crippen LogP contribution in [0.1, 0.15) is 26.2 Å². The number of phenolic OH excluding ortho intramolecular Hbond substituents is 2. The van der Waals surface area contributed by atoms with Gasteiger partial charge in [-0.3, -0.25) is 0 Å². The molecule has 5 nitrogen and oxygen atoms in total. The van der Waals surface area contributed by atoms with Crippen LogP contribution in [-0.4, -0.2) is 45.8 Å². The van der Waals surface area contributed by atoms with Crippen LogP contribution in [-0.2, 0) is 0 Å². The molecule has 3 aromatic rings. The maximum Gasteiger partial charge on any atom is 0.159 e. The number of aromatic nitrogens is 1. The number of rotatable bonds is 4. The van der Waals surface area contributed by atoms with Gasteiger partial charge in [0.1, 0.15) is 0 Å². The van der Waals surface area contributed by atoms with Crippen molar-refractivity contribution in [3.63, 3.8) is 0 Å². The Hall–Kier alpha value is -2.53. The third kappa shape index (κ3) is 3.15. The Morgan fingerprint density at radius 1 is 1.04 bits per heavy atom. The van der Waals surface area contributed by atoms with Crippen LogP contribution in [0.4, 0.5) is 5.69 Å². The van der Waals surface area contributed by atoms with Crippen LogP contribution in [0.3, 0.4) is 0 Å². The topological polar surface area (TPSA) is 68.6 Å². The standard InChI is InChI=1S/C21H25N3O2/c1-2-9-24-10-7-14(8-11-24)22-21-15-5-3-4-6-17(15)23-18-13-20(26)19(25)12-16(18)21/h3-6,12-14,25-26H,2,7-11H2,1H3,(H,22,23). The van der Waals surface area contributed by atoms with Gasteiger partial charge in [-0.15, -0.1) is 0 Å². The summed E-state index contributed by atoms with van der Waals surface area (Å²) in [4.78, 5) is 7.17. The number of aromatic hydroxyl groups is 2. The summed E-state index contributed by atoms with van der Waals surface area (Å²) in [6.45, 7) is 5.61. The SMILES string of the molecule is CCCN1CCC(Nc2c3ccccc3nc3cc(O)c(O)cc23)CC1. The summed E-state index contributed by atoms with van der Waals surface area (Å²) in [5.41, 5.74) is 2.57. The van der Waals surface area contributed by atoms with Crippen LogP contribution in [0.5, 0.6) is 11.5 Å². The predicted octanol–water partition coefficient (Wildman–Crippen LogP) is 4.09. The number of piperidine rings is 1. The van der Waals surface area contributed by atoms with Gasteiger partial charge in [0.05, 0.1) is 16.7 Å². The summed E-state index contributed by atoms with van der Waals surface area (Å²) in [5.74, 6) is -0.255. The highest BCUT2D eigenvalue weighted by molar-refractivity contribution is 6.08. The number of fused-ring (bicyclic) bond motifs is 2. The number of hydrogen-bond donors (Lipinski definition) is 3. The van der Waals surface area contributed by atoms with Gasteiger partial charge in [-0.2, -0.15) is 0 Å². The molecule has 2 aromatic carbocycles. The van der Waals surface area contributed by atoms with Crippen molar-refractivity contribution in [2.45, 2.75) is 32.2 Å². The molecule has 1 aliphatic heterocycles. The molecule has 0 amide bonds. The summed E-state index contributed by atoms with van der Waals surface area (Å²) in [6.07, 6.45) is 3.39. The summed E-state index contributed by atoms with van der Waals surface area (Å²) in [6, 6.07) is 11.5. The molecule has 1 fully saturated rings. The molecule has 2 heterocycles. The summed E-state index contributed by atoms with van der Waals surface area (Å²) in [7, 11) is 0. The van der Waals surface area contributed by atoms with E-state index in [2.05, 4.69) is 28.2 Å². The first kappa shape index (κ1) is 16.9. The Kier molecular flexibility index (Phi) is 4.55. The molecular formula is C21H25N3O2. The molecule has 5 heteroatoms. The lowest BCUT2D eigenvalue weighted by Gasteiger charge is -2.33. The van der Waals surface area contributed by atoms with Crippen LogP contribution in [0.25, 0.3) is 21.8 Å². The van der Waals surface area contributed by atoms with Gasteiger partial charge in [0, 0.05) is 36.0 Å². The molecule has 3 N–H and O–H groups in total. The number of anilines is 1. The second kappa shape index (κ2) is 7.00. The van der Waals surface area contributed by atoms with E-state index in [-0.39, 0.29) is 11.5 Å². The van der Waals surface area contributed by atoms with Crippen LogP contribution in [0.15, 0.2) is 36.4 Å². The third-order valence-corrected chi connectivity index (χ3v) is 5.25. The summed E-state index contributed by atoms with van der Waals surface area (Å²) >= 11 is 0. The normalized spacial score (nSPS) is 16.3. The van der Waals surface area contributed by atoms with Crippen molar-refractivity contribution in [1.82, 2.24) is 9.88 Å². The number of likely N-dealkylation sites (tertiary alicyclic amines) is 1. The second-order valence-electron chi connectivity index (χ2n) is 7.12. The van der Waals surface area contributed by atoms with Crippen molar-refractivity contribution in [3.05, 3.63) is 36.4 Å². The van der Waals surface area contributed by atoms with Crippen molar-refractivity contribution < 1.29 is 10.2 Å². The minimum Gasteiger partial charge on any atom is -0.504 e. The zero-order chi connectivity index (χ0) is 18.1. The molecule has 0 spiro atoms. The second-order valence-corrected chi connectivity index (χ2v) is 7.12. The first-order chi connectivity index (χ1) is 12.7. The monoisotopic (exact) mass is 351 g/mol. The Morgan fingerprint density at radius 3 is 2.54 bits per heavy atom. The van der Waals surface area contributed by atoms with E-state index in [9.17, 15) is 10.2 Å². The Morgan fingerprint density at radius 2 is 1.77 bits per heavy atom. The van der Waals surface area contributed by atoms with E-state index in [1.54, 1.807) is 6.07 Å². The number of benzene rings is 2. The highest BCUT2D eigenvalue weighted by Crippen LogP contribution is 2.37. The maximum absolute atomic E-state index is 10.0. The van der Waals surface area contributed by atoms with E-state index in [1.807, 2.05) is 18.2 Å². The third-order valence-electron chi connectivity index (χ3n) is 5.25. The molecular weight excluding hydrogens is 326 g/mol. The molecule has 0 radical (unpaired) electrons. The van der Waals surface area contributed by atoms with Crippen molar-refractivity contribution in [2.24, 2.45) is 0 Å². The predicted molar refractivity (Wildman–Crippen MR) is 106 cm³/mol. The van der Waals surface area contributed by atoms with Crippen LogP contribution in [0.2, 0.25) is 0 Å². The van der Waals surface area contributed by atoms with Gasteiger partial charge in [0.25, 0.3) is 0 Å². The van der Waals surface area contributed by atoms with E-state index < -0.39 is 0 Å². The largest absolute Gasteiger partial charge is 0.504 e. The van der Waals surface area contributed by atoms with Gasteiger partial charge >= 0.3 is 0 Å². The van der Waals surface area contributed by atoms with Gasteiger partial charge in [0.15, 0.2) is 11.5 Å². The molecule has 0 atom stereocenters. The quantitative estimate of drug-likeness (QED) is 0.488. The summed E-state index contributed by atoms with van der Waals surface area (Å²) < 4.78 is 0. The number of phenols is 2. The molecule has 0 saturated carbocycles. The van der Waals surface area contributed by atoms with E-state index in [4.69, 9.17) is 0 Å². The molecule has 1 saturated heterocycles. The highest BCUT2D eigenvalue weighted by Gasteiger charge is 2.20. The lowest BCUT2D eigenvalue weighted by Crippen LogP contribution is -2.39. The zero-order valence-electron chi connectivity index (χ0n) is 15.1. The molecule has 0 unspecified atom stereocenters. The smallest absolute Gasteiger partial charge is 0.159 e. The fourth-order valence-corrected chi connectivity index (χ4v) is 3.89. The maximum atomic E-state index is 10.0. The molecule has 136 valence electrons. The Labute approximate surface area is 153 Å². The minimum atomic E-state index is -0.140. The molecule has 0 aliphatic carbocycles. The summed E-state index contributed by atoms with van der Waals surface area (Å²) in [5, 5.41) is 25.5. The van der Waals surface area contributed by atoms with Gasteiger partial charge in [-0.25, -0.2) is 4.98 Å². The zero-order valence-corrected chi connectivity index (χ0v) is 15.1. The van der Waals surface area contributed by atoms with E-state index in [0.717, 1.165) is 47.9 Å². The van der Waals surface area contributed by atoms with Crippen molar-refractivity contribution >= 4 is 27.5 Å². The molecule has 1 aliphatic rings. The average Bonchev–Trinajstić information content (AvgIpc) is 2.65. The highest BCUT2D eigenvalue weighted by atomic mass is 16.3. The molecule has 1 aromatic heterocycles. The van der Waals surface area contributed by atoms with E-state index >= 15 is 0 Å². The van der Waals surface area contributed by atoms with Crippen LogP contribution in [0, 0.1) is 0 Å². The van der Waals surface area contributed by atoms with Crippen LogP contribution < -0.4 is 5.32 Å². The fraction of sp³-hybridized carbons (Fsp3) is 0.381. The number of hydrogen-bond acceptors (Lipinski definition) is 5. The number of para-hydroxylation sites is 1. The van der Waals surface area contributed by atoms with E-state index in [0.29, 0.717) is 11.6 Å². The van der Waals surface area contributed by atoms with Crippen molar-refractivity contribution in [3.8, 4) is 11.5 Å². The Balaban J connectivity index is 1.73. The lowest BCUT2D eigenvalue weighted by molar-refractivity contribution is 0.219. The van der Waals surface area contributed by atoms with Crippen molar-refractivity contribution in [1.29, 1.82) is 0 Å². The number of nitrogens with one attached hydrogen (secondary N) is 1.